The Kier molecular flexibility index (Phi) is 4.97. The van der Waals surface area contributed by atoms with Gasteiger partial charge in [0.25, 0.3) is 0 Å². The maximum atomic E-state index is 3.54. The van der Waals surface area contributed by atoms with Crippen molar-refractivity contribution in [3.05, 3.63) is 70.8 Å². The maximum Gasteiger partial charge on any atom is 0.0389 e. The first kappa shape index (κ1) is 14.8. The molecule has 0 aromatic heterocycles. The van der Waals surface area contributed by atoms with Crippen molar-refractivity contribution in [2.24, 2.45) is 0 Å². The van der Waals surface area contributed by atoms with E-state index in [0.717, 1.165) is 6.42 Å². The third kappa shape index (κ3) is 2.94. The Balaban J connectivity index is 2.42. The first-order chi connectivity index (χ1) is 9.69. The average molecular weight is 267 g/mol. The van der Waals surface area contributed by atoms with Gasteiger partial charge in [0.05, 0.1) is 0 Å². The van der Waals surface area contributed by atoms with Crippen molar-refractivity contribution in [1.29, 1.82) is 0 Å². The van der Waals surface area contributed by atoms with Gasteiger partial charge in [-0.25, -0.2) is 0 Å². The summed E-state index contributed by atoms with van der Waals surface area (Å²) in [6, 6.07) is 17.8. The van der Waals surface area contributed by atoms with Crippen LogP contribution in [0.4, 0.5) is 0 Å². The fourth-order valence-corrected chi connectivity index (χ4v) is 3.05. The third-order valence-electron chi connectivity index (χ3n) is 4.36. The van der Waals surface area contributed by atoms with Gasteiger partial charge in [-0.2, -0.15) is 0 Å². The van der Waals surface area contributed by atoms with Crippen molar-refractivity contribution in [2.45, 2.75) is 39.2 Å². The van der Waals surface area contributed by atoms with E-state index in [0.29, 0.717) is 12.0 Å². The number of nitrogens with one attached hydrogen (secondary N) is 1. The van der Waals surface area contributed by atoms with Gasteiger partial charge in [0.15, 0.2) is 0 Å². The molecule has 106 valence electrons. The zero-order chi connectivity index (χ0) is 14.5. The summed E-state index contributed by atoms with van der Waals surface area (Å²) in [6.45, 7) is 6.69. The van der Waals surface area contributed by atoms with E-state index < -0.39 is 0 Å². The third-order valence-corrected chi connectivity index (χ3v) is 4.36. The first-order valence-electron chi connectivity index (χ1n) is 7.47. The summed E-state index contributed by atoms with van der Waals surface area (Å²) in [5.41, 5.74) is 5.60. The van der Waals surface area contributed by atoms with Crippen LogP contribution in [0.1, 0.15) is 47.6 Å². The quantitative estimate of drug-likeness (QED) is 0.823. The molecule has 2 aromatic rings. The second-order valence-electron chi connectivity index (χ2n) is 5.48. The topological polar surface area (TPSA) is 12.0 Å². The van der Waals surface area contributed by atoms with E-state index in [1.165, 1.54) is 22.3 Å². The van der Waals surface area contributed by atoms with Gasteiger partial charge >= 0.3 is 0 Å². The van der Waals surface area contributed by atoms with Crippen LogP contribution >= 0.6 is 0 Å². The first-order valence-corrected chi connectivity index (χ1v) is 7.47. The molecule has 0 saturated heterocycles. The molecule has 1 N–H and O–H groups in total. The van der Waals surface area contributed by atoms with Crippen molar-refractivity contribution < 1.29 is 0 Å². The highest BCUT2D eigenvalue weighted by Gasteiger charge is 2.23. The van der Waals surface area contributed by atoms with E-state index in [9.17, 15) is 0 Å². The zero-order valence-electron chi connectivity index (χ0n) is 13.0. The average Bonchev–Trinajstić information content (AvgIpc) is 2.49. The van der Waals surface area contributed by atoms with E-state index in [4.69, 9.17) is 0 Å². The van der Waals surface area contributed by atoms with Crippen LogP contribution in [0.2, 0.25) is 0 Å². The minimum atomic E-state index is 0.363. The van der Waals surface area contributed by atoms with Crippen LogP contribution in [0.3, 0.4) is 0 Å². The Morgan fingerprint density at radius 3 is 2.25 bits per heavy atom. The number of hydrogen-bond donors (Lipinski definition) is 1. The lowest BCUT2D eigenvalue weighted by Gasteiger charge is -2.28. The molecule has 0 bridgehead atoms. The summed E-state index contributed by atoms with van der Waals surface area (Å²) in [6.07, 6.45) is 1.13. The second-order valence-corrected chi connectivity index (χ2v) is 5.48. The van der Waals surface area contributed by atoms with Crippen molar-refractivity contribution in [3.63, 3.8) is 0 Å². The van der Waals surface area contributed by atoms with Gasteiger partial charge in [0.1, 0.15) is 0 Å². The van der Waals surface area contributed by atoms with Crippen LogP contribution in [-0.4, -0.2) is 7.05 Å². The molecule has 2 rings (SSSR count). The van der Waals surface area contributed by atoms with Crippen LogP contribution in [0.5, 0.6) is 0 Å². The molecule has 20 heavy (non-hydrogen) atoms. The summed E-state index contributed by atoms with van der Waals surface area (Å²) in [4.78, 5) is 0. The number of rotatable bonds is 5. The molecule has 2 unspecified atom stereocenters. The molecule has 0 radical (unpaired) electrons. The lowest BCUT2D eigenvalue weighted by atomic mass is 9.83. The Morgan fingerprint density at radius 1 is 0.950 bits per heavy atom. The Labute approximate surface area is 123 Å². The highest BCUT2D eigenvalue weighted by atomic mass is 14.9. The summed E-state index contributed by atoms with van der Waals surface area (Å²) < 4.78 is 0. The van der Waals surface area contributed by atoms with Gasteiger partial charge in [0, 0.05) is 12.0 Å². The molecule has 0 heterocycles. The second kappa shape index (κ2) is 6.71. The molecule has 1 nitrogen and oxygen atoms in total. The van der Waals surface area contributed by atoms with Crippen LogP contribution < -0.4 is 5.32 Å². The zero-order valence-corrected chi connectivity index (χ0v) is 13.0. The summed E-state index contributed by atoms with van der Waals surface area (Å²) in [7, 11) is 2.07. The van der Waals surface area contributed by atoms with Gasteiger partial charge in [-0.3, -0.25) is 0 Å². The molecule has 2 aromatic carbocycles. The SMILES string of the molecule is CCC(c1ccccc1)C(NC)c1cccc(C)c1C. The lowest BCUT2D eigenvalue weighted by molar-refractivity contribution is 0.466. The number of hydrogen-bond acceptors (Lipinski definition) is 1. The Morgan fingerprint density at radius 2 is 1.65 bits per heavy atom. The highest BCUT2D eigenvalue weighted by Crippen LogP contribution is 2.35. The summed E-state index contributed by atoms with van der Waals surface area (Å²) in [5, 5.41) is 3.54. The van der Waals surface area contributed by atoms with Crippen LogP contribution in [0.25, 0.3) is 0 Å². The Hall–Kier alpha value is -1.60. The fraction of sp³-hybridized carbons (Fsp3) is 0.368. The van der Waals surface area contributed by atoms with Gasteiger partial charge < -0.3 is 5.32 Å². The standard InChI is InChI=1S/C19H25N/c1-5-17(16-11-7-6-8-12-16)19(20-4)18-13-9-10-14(2)15(18)3/h6-13,17,19-20H,5H2,1-4H3. The normalized spacial score (nSPS) is 14.0. The molecule has 1 heteroatoms. The van der Waals surface area contributed by atoms with Crippen LogP contribution in [0.15, 0.2) is 48.5 Å². The molecule has 0 saturated carbocycles. The van der Waals surface area contributed by atoms with Crippen LogP contribution in [-0.2, 0) is 0 Å². The molecular weight excluding hydrogens is 242 g/mol. The molecule has 0 aliphatic heterocycles. The highest BCUT2D eigenvalue weighted by molar-refractivity contribution is 5.38. The van der Waals surface area contributed by atoms with E-state index in [1.807, 2.05) is 0 Å². The summed E-state index contributed by atoms with van der Waals surface area (Å²) in [5.74, 6) is 0.502. The van der Waals surface area contributed by atoms with Gasteiger partial charge in [-0.15, -0.1) is 0 Å². The Bertz CT molecular complexity index is 545. The largest absolute Gasteiger partial charge is 0.312 e. The van der Waals surface area contributed by atoms with E-state index in [2.05, 4.69) is 81.7 Å². The fourth-order valence-electron chi connectivity index (χ4n) is 3.05. The van der Waals surface area contributed by atoms with E-state index >= 15 is 0 Å². The molecule has 0 aliphatic rings. The molecule has 0 fully saturated rings. The lowest BCUT2D eigenvalue weighted by Crippen LogP contribution is -2.24. The predicted octanol–water partition coefficient (Wildman–Crippen LogP) is 4.76. The number of aryl methyl sites for hydroxylation is 1. The van der Waals surface area contributed by atoms with E-state index in [-0.39, 0.29) is 0 Å². The molecular formula is C19H25N. The van der Waals surface area contributed by atoms with Crippen molar-refractivity contribution in [3.8, 4) is 0 Å². The van der Waals surface area contributed by atoms with Gasteiger partial charge in [-0.05, 0) is 49.6 Å². The van der Waals surface area contributed by atoms with Gasteiger partial charge in [0.2, 0.25) is 0 Å². The number of benzene rings is 2. The van der Waals surface area contributed by atoms with Crippen molar-refractivity contribution >= 4 is 0 Å². The van der Waals surface area contributed by atoms with Gasteiger partial charge in [-0.1, -0.05) is 55.5 Å². The minimum Gasteiger partial charge on any atom is -0.312 e. The summed E-state index contributed by atoms with van der Waals surface area (Å²) >= 11 is 0. The van der Waals surface area contributed by atoms with Crippen molar-refractivity contribution in [2.75, 3.05) is 7.05 Å². The number of likely N-dealkylation sites (N-methyl/N-ethyl adjacent to an activating group) is 1. The maximum absolute atomic E-state index is 3.54. The van der Waals surface area contributed by atoms with Crippen molar-refractivity contribution in [1.82, 2.24) is 5.32 Å². The monoisotopic (exact) mass is 267 g/mol. The smallest absolute Gasteiger partial charge is 0.0389 e. The molecule has 0 spiro atoms. The predicted molar refractivity (Wildman–Crippen MR) is 87.2 cm³/mol. The molecule has 0 amide bonds. The van der Waals surface area contributed by atoms with Crippen LogP contribution in [0, 0.1) is 13.8 Å². The molecule has 0 aliphatic carbocycles. The van der Waals surface area contributed by atoms with E-state index in [1.54, 1.807) is 0 Å². The molecule has 2 atom stereocenters. The minimum absolute atomic E-state index is 0.363.